The standard InChI is InChI=1S/C28H35N5O.C22H22ClN3O.C20H30BNO3.C14H18BrNO.C8H4Cl2N2.C7H5BrO2.2C6H14N2/c1-32-13-8-20(9-14-32)17-28(34)22-5-3-21(4-6-22)26-18-27(24-19-29-12-7-25(24)31-26)30-23-10-15-33(2)16-11-23;1-26-10-7-15(8-11-26)12-22(27)17-4-2-16(3-5-17)21-13-19(23)18-14-24-9-6-20(18)25-21;1-19(2)20(3,4)25-21(24-19)17-8-6-16(7-9-17)18(23)14-15-10-12-22(5)13-11-15;1-16-8-6-11(7-9-16)10-14(17)12-2-4-13(15)5-3-12;9-6-3-8(10)12-7-1-2-11-4-5(6)7;8-6-3-1-5(2-4-6)7(9)10;2*1-8-4-2-6(7)3-5-8/h3-7,12,18-20,23H,8-11,13-17H2,1-2H3,(H,30,31);2-6,9,13-15H,7-8,10-12H2,1H3;6-9,15H,10-14H2,1-5H3;2-5,11H,6-10H2,1H3;1-4H;1-4H,(H,9,10);2*6H,2-5,7H2,1H3. The number of carboxylic acid groups (broad SMARTS) is 1. The first-order valence-electron chi connectivity index (χ1n) is 49.8. The van der Waals surface area contributed by atoms with Gasteiger partial charge in [-0.2, -0.15) is 0 Å². The lowest BCUT2D eigenvalue weighted by Crippen LogP contribution is -2.41. The molecule has 5 aromatic carbocycles. The number of piperidine rings is 7. The predicted octanol–water partition coefficient (Wildman–Crippen LogP) is 21.0. The number of aromatic nitrogens is 6. The Hall–Kier alpha value is -8.82. The minimum Gasteiger partial charge on any atom is -0.478 e. The molecule has 8 saturated heterocycles. The number of likely N-dealkylation sites (tertiary alicyclic amines) is 7. The van der Waals surface area contributed by atoms with Gasteiger partial charge >= 0.3 is 13.1 Å². The number of nitrogens with zero attached hydrogens (tertiary/aromatic N) is 13. The number of aromatic carboxylic acids is 1. The van der Waals surface area contributed by atoms with E-state index in [2.05, 4.69) is 152 Å². The Bertz CT molecular complexity index is 5770. The number of pyridine rings is 6. The number of anilines is 1. The van der Waals surface area contributed by atoms with Crippen molar-refractivity contribution in [1.29, 1.82) is 0 Å². The molecule has 141 heavy (non-hydrogen) atoms. The van der Waals surface area contributed by atoms with Crippen LogP contribution in [0.4, 0.5) is 5.69 Å². The second-order valence-electron chi connectivity index (χ2n) is 40.3. The first-order valence-corrected chi connectivity index (χ1v) is 52.6. The molecule has 0 unspecified atom stereocenters. The van der Waals surface area contributed by atoms with E-state index in [0.29, 0.717) is 88.2 Å². The van der Waals surface area contributed by atoms with E-state index in [1.165, 1.54) is 51.9 Å². The summed E-state index contributed by atoms with van der Waals surface area (Å²) in [5.41, 5.74) is 22.4. The molecule has 8 aliphatic heterocycles. The maximum Gasteiger partial charge on any atom is 0.494 e. The maximum atomic E-state index is 12.9. The summed E-state index contributed by atoms with van der Waals surface area (Å²) in [6.07, 6.45) is 29.0. The van der Waals surface area contributed by atoms with Crippen LogP contribution < -0.4 is 22.2 Å². The van der Waals surface area contributed by atoms with Crippen molar-refractivity contribution in [3.05, 3.63) is 247 Å². The van der Waals surface area contributed by atoms with E-state index in [1.807, 2.05) is 149 Å². The highest BCUT2D eigenvalue weighted by Gasteiger charge is 2.52. The molecule has 0 saturated carbocycles. The Morgan fingerprint density at radius 2 is 0.667 bits per heavy atom. The molecule has 0 bridgehead atoms. The van der Waals surface area contributed by atoms with Crippen LogP contribution in [-0.4, -0.2) is 276 Å². The van der Waals surface area contributed by atoms with Gasteiger partial charge in [-0.25, -0.2) is 19.7 Å². The van der Waals surface area contributed by atoms with Gasteiger partial charge in [0, 0.05) is 145 Å². The topological polar surface area (TPSA) is 288 Å². The molecule has 0 aliphatic carbocycles. The summed E-state index contributed by atoms with van der Waals surface area (Å²) in [7, 11) is 14.7. The molecule has 752 valence electrons. The van der Waals surface area contributed by atoms with Crippen LogP contribution in [0, 0.1) is 23.7 Å². The molecule has 24 nitrogen and oxygen atoms in total. The zero-order valence-electron chi connectivity index (χ0n) is 83.9. The van der Waals surface area contributed by atoms with Gasteiger partial charge < -0.3 is 65.5 Å². The number of nitrogens with two attached hydrogens (primary N) is 2. The van der Waals surface area contributed by atoms with Gasteiger partial charge in [0.15, 0.2) is 23.1 Å². The molecule has 0 spiro atoms. The lowest BCUT2D eigenvalue weighted by Gasteiger charge is -2.32. The molecule has 6 aromatic heterocycles. The first-order chi connectivity index (χ1) is 67.5. The third-order valence-electron chi connectivity index (χ3n) is 28.6. The highest BCUT2D eigenvalue weighted by Crippen LogP contribution is 2.38. The number of carbonyl (C=O) groups excluding carboxylic acids is 4. The summed E-state index contributed by atoms with van der Waals surface area (Å²) < 4.78 is 14.0. The van der Waals surface area contributed by atoms with Gasteiger partial charge in [0.2, 0.25) is 0 Å². The molecule has 8 aliphatic rings. The number of ketones is 4. The van der Waals surface area contributed by atoms with E-state index >= 15 is 0 Å². The fraction of sp³-hybridized carbons (Fsp3) is 0.468. The summed E-state index contributed by atoms with van der Waals surface area (Å²) in [6.45, 7) is 23.9. The molecule has 30 heteroatoms. The molecule has 19 rings (SSSR count). The average Bonchev–Trinajstić information content (AvgIpc) is 1.68. The quantitative estimate of drug-likeness (QED) is 0.0353. The van der Waals surface area contributed by atoms with Gasteiger partial charge in [0.05, 0.1) is 54.7 Å². The fourth-order valence-corrected chi connectivity index (χ4v) is 19.5. The van der Waals surface area contributed by atoms with Crippen LogP contribution in [0.25, 0.3) is 55.2 Å². The number of halogens is 5. The van der Waals surface area contributed by atoms with E-state index in [4.69, 9.17) is 65.7 Å². The van der Waals surface area contributed by atoms with Crippen molar-refractivity contribution in [1.82, 2.24) is 64.2 Å². The van der Waals surface area contributed by atoms with Crippen LogP contribution >= 0.6 is 66.7 Å². The molecule has 0 radical (unpaired) electrons. The number of Topliss-reactive ketones (excluding diaryl/α,β-unsaturated/α-hetero) is 4. The second-order valence-corrected chi connectivity index (χ2v) is 43.4. The summed E-state index contributed by atoms with van der Waals surface area (Å²) >= 11 is 24.6. The Morgan fingerprint density at radius 3 is 1.01 bits per heavy atom. The summed E-state index contributed by atoms with van der Waals surface area (Å²) in [5.74, 6) is 2.22. The fourth-order valence-electron chi connectivity index (χ4n) is 18.2. The van der Waals surface area contributed by atoms with Crippen molar-refractivity contribution in [2.24, 2.45) is 35.1 Å². The van der Waals surface area contributed by atoms with Gasteiger partial charge in [-0.15, -0.1) is 0 Å². The number of benzene rings is 5. The Labute approximate surface area is 866 Å². The Kier molecular flexibility index (Phi) is 42.8. The lowest BCUT2D eigenvalue weighted by molar-refractivity contribution is 0.00578. The van der Waals surface area contributed by atoms with Gasteiger partial charge in [-0.1, -0.05) is 152 Å². The molecule has 0 amide bonds. The molecule has 6 N–H and O–H groups in total. The third kappa shape index (κ3) is 34.7. The predicted molar refractivity (Wildman–Crippen MR) is 582 cm³/mol. The van der Waals surface area contributed by atoms with Crippen LogP contribution in [0.5, 0.6) is 0 Å². The van der Waals surface area contributed by atoms with Gasteiger partial charge in [0.25, 0.3) is 0 Å². The van der Waals surface area contributed by atoms with E-state index in [-0.39, 0.29) is 41.5 Å². The molecular weight excluding hydrogens is 1960 g/mol. The molecule has 11 aromatic rings. The van der Waals surface area contributed by atoms with Crippen molar-refractivity contribution in [2.75, 3.05) is 146 Å². The molecule has 0 atom stereocenters. The number of nitrogens with one attached hydrogen (secondary N) is 1. The van der Waals surface area contributed by atoms with Crippen molar-refractivity contribution in [3.63, 3.8) is 0 Å². The maximum absolute atomic E-state index is 12.9. The second kappa shape index (κ2) is 54.4. The minimum absolute atomic E-state index is 0.228. The normalized spacial score (nSPS) is 18.6. The zero-order chi connectivity index (χ0) is 101. The number of hydrogen-bond donors (Lipinski definition) is 4. The molecule has 14 heterocycles. The van der Waals surface area contributed by atoms with Gasteiger partial charge in [0.1, 0.15) is 5.15 Å². The number of carbonyl (C=O) groups is 5. The number of carboxylic acids is 1. The highest BCUT2D eigenvalue weighted by atomic mass is 79.9. The highest BCUT2D eigenvalue weighted by molar-refractivity contribution is 9.10. The zero-order valence-corrected chi connectivity index (χ0v) is 89.3. The van der Waals surface area contributed by atoms with Crippen LogP contribution in [0.3, 0.4) is 0 Å². The van der Waals surface area contributed by atoms with Crippen LogP contribution in [0.2, 0.25) is 15.2 Å². The number of fused-ring (bicyclic) bond motifs is 3. The van der Waals surface area contributed by atoms with Crippen molar-refractivity contribution in [3.8, 4) is 22.5 Å². The first kappa shape index (κ1) is 111. The van der Waals surface area contributed by atoms with Gasteiger partial charge in [-0.05, 0) is 360 Å². The summed E-state index contributed by atoms with van der Waals surface area (Å²) in [4.78, 5) is 103. The number of hydrogen-bond acceptors (Lipinski definition) is 23. The lowest BCUT2D eigenvalue weighted by atomic mass is 9.78. The SMILES string of the molecule is CN1CCC(CC(=O)c2ccc(-c3cc(Cl)c4cnccc4n3)cc2)CC1.CN1CCC(CC(=O)c2ccc(-c3cc(NC4CCN(C)CC4)c4cnccc4n3)cc2)CC1.CN1CCC(CC(=O)c2ccc(B3OC(C)(C)C(C)(C)O3)cc2)CC1.CN1CCC(CC(=O)c2ccc(Br)cc2)CC1.CN1CCC(N)CC1.CN1CCC(N)CC1.Clc1cc(Cl)c2cnccc2n1.O=C(O)c1ccc(Br)cc1. The smallest absolute Gasteiger partial charge is 0.478 e. The Balaban J connectivity index is 0.000000151. The largest absolute Gasteiger partial charge is 0.494 e. The summed E-state index contributed by atoms with van der Waals surface area (Å²) in [6, 6.07) is 50.2. The van der Waals surface area contributed by atoms with E-state index in [9.17, 15) is 24.0 Å². The van der Waals surface area contributed by atoms with Gasteiger partial charge in [-0.3, -0.25) is 34.1 Å². The molecule has 8 fully saturated rings. The van der Waals surface area contributed by atoms with Crippen molar-refractivity contribution < 1.29 is 38.4 Å². The van der Waals surface area contributed by atoms with Crippen molar-refractivity contribution in [2.45, 2.75) is 173 Å². The molecular formula is C111H142BBr2Cl3N16O8. The average molecular weight is 2110 g/mol. The summed E-state index contributed by atoms with van der Waals surface area (Å²) in [5, 5.41) is 16.6. The van der Waals surface area contributed by atoms with E-state index < -0.39 is 5.97 Å². The number of rotatable bonds is 18. The monoisotopic (exact) mass is 2100 g/mol. The van der Waals surface area contributed by atoms with Crippen molar-refractivity contribution >= 4 is 147 Å². The van der Waals surface area contributed by atoms with E-state index in [0.717, 1.165) is 227 Å². The van der Waals surface area contributed by atoms with Crippen LogP contribution in [0.15, 0.2) is 204 Å². The minimum atomic E-state index is -0.896. The van der Waals surface area contributed by atoms with Crippen LogP contribution in [-0.2, 0) is 9.31 Å². The van der Waals surface area contributed by atoms with E-state index in [1.54, 1.807) is 67.4 Å². The van der Waals surface area contributed by atoms with Crippen LogP contribution in [0.1, 0.15) is 195 Å². The Morgan fingerprint density at radius 1 is 0.383 bits per heavy atom. The third-order valence-corrected chi connectivity index (χ3v) is 30.4.